The van der Waals surface area contributed by atoms with Gasteiger partial charge in [0.15, 0.2) is 0 Å². The lowest BCUT2D eigenvalue weighted by Gasteiger charge is -1.90. The van der Waals surface area contributed by atoms with Gasteiger partial charge < -0.3 is 5.21 Å². The molecule has 7 heavy (non-hydrogen) atoms. The normalized spacial score (nSPS) is 8.14. The van der Waals surface area contributed by atoms with Crippen molar-refractivity contribution in [3.63, 3.8) is 0 Å². The summed E-state index contributed by atoms with van der Waals surface area (Å²) in [5, 5.41) is 9.75. The van der Waals surface area contributed by atoms with E-state index in [0.29, 0.717) is 0 Å². The zero-order valence-corrected chi connectivity index (χ0v) is 4.31. The van der Waals surface area contributed by atoms with Gasteiger partial charge in [-0.15, -0.1) is 16.3 Å². The SMILES string of the molecule is C=[N+]([O-])C(=O)CCl. The van der Waals surface area contributed by atoms with Crippen molar-refractivity contribution in [2.75, 3.05) is 5.88 Å². The fourth-order valence-electron chi connectivity index (χ4n) is 0.0667. The molecule has 0 fully saturated rings. The van der Waals surface area contributed by atoms with Crippen molar-refractivity contribution in [3.05, 3.63) is 5.21 Å². The number of rotatable bonds is 1. The molecule has 0 atom stereocenters. The number of halogens is 1. The summed E-state index contributed by atoms with van der Waals surface area (Å²) in [6.07, 6.45) is 0. The maximum atomic E-state index is 9.93. The van der Waals surface area contributed by atoms with Crippen molar-refractivity contribution >= 4 is 24.2 Å². The number of nitrogens with zero attached hydrogens (tertiary/aromatic N) is 1. The van der Waals surface area contributed by atoms with E-state index in [0.717, 1.165) is 0 Å². The molecule has 0 heterocycles. The Morgan fingerprint density at radius 2 is 2.43 bits per heavy atom. The van der Waals surface area contributed by atoms with Crippen LogP contribution in [0.5, 0.6) is 0 Å². The second-order valence-electron chi connectivity index (χ2n) is 0.906. The molecule has 0 unspecified atom stereocenters. The van der Waals surface area contributed by atoms with Crippen molar-refractivity contribution in [3.8, 4) is 0 Å². The molecule has 0 saturated heterocycles. The molecule has 0 N–H and O–H groups in total. The van der Waals surface area contributed by atoms with Gasteiger partial charge in [-0.05, 0) is 0 Å². The molecule has 0 radical (unpaired) electrons. The van der Waals surface area contributed by atoms with E-state index in [-0.39, 0.29) is 10.6 Å². The minimum absolute atomic E-state index is 0.0486. The molecule has 0 aliphatic carbocycles. The van der Waals surface area contributed by atoms with Gasteiger partial charge in [-0.3, -0.25) is 0 Å². The zero-order chi connectivity index (χ0) is 5.86. The topological polar surface area (TPSA) is 43.1 Å². The summed E-state index contributed by atoms with van der Waals surface area (Å²) in [4.78, 5) is 9.93. The molecular weight excluding hydrogens is 117 g/mol. The van der Waals surface area contributed by atoms with E-state index in [1.807, 2.05) is 0 Å². The van der Waals surface area contributed by atoms with Crippen LogP contribution in [0, 0.1) is 5.21 Å². The lowest BCUT2D eigenvalue weighted by molar-refractivity contribution is -0.370. The number of hydroxylamine groups is 1. The standard InChI is InChI=1S/C3H4ClNO2/c1-5(7)3(6)2-4/h1-2H2. The summed E-state index contributed by atoms with van der Waals surface area (Å²) in [7, 11) is 0. The van der Waals surface area contributed by atoms with Gasteiger partial charge in [0.2, 0.25) is 0 Å². The van der Waals surface area contributed by atoms with Crippen LogP contribution in [0.1, 0.15) is 0 Å². The van der Waals surface area contributed by atoms with Crippen LogP contribution in [0.15, 0.2) is 0 Å². The smallest absolute Gasteiger partial charge is 0.412 e. The molecule has 0 aromatic rings. The van der Waals surface area contributed by atoms with Crippen molar-refractivity contribution in [1.82, 2.24) is 0 Å². The summed E-state index contributed by atoms with van der Waals surface area (Å²) in [6, 6.07) is 0. The van der Waals surface area contributed by atoms with E-state index >= 15 is 0 Å². The molecule has 3 nitrogen and oxygen atoms in total. The first-order valence-electron chi connectivity index (χ1n) is 1.55. The van der Waals surface area contributed by atoms with Crippen molar-refractivity contribution in [2.24, 2.45) is 0 Å². The lowest BCUT2D eigenvalue weighted by Crippen LogP contribution is -2.12. The second kappa shape index (κ2) is 2.58. The van der Waals surface area contributed by atoms with Crippen LogP contribution in [0.25, 0.3) is 0 Å². The van der Waals surface area contributed by atoms with Gasteiger partial charge in [-0.25, -0.2) is 4.79 Å². The minimum atomic E-state index is -0.721. The molecule has 0 aliphatic rings. The third-order valence-corrected chi connectivity index (χ3v) is 0.621. The number of carbonyl (C=O) groups excluding carboxylic acids is 1. The Bertz CT molecular complexity index is 101. The Kier molecular flexibility index (Phi) is 2.37. The predicted octanol–water partition coefficient (Wildman–Crippen LogP) is -0.0373. The maximum Gasteiger partial charge on any atom is 0.412 e. The molecule has 0 rings (SSSR count). The zero-order valence-electron chi connectivity index (χ0n) is 3.56. The molecule has 4 heteroatoms. The molecular formula is C3H4ClNO2. The van der Waals surface area contributed by atoms with Crippen LogP contribution in [-0.2, 0) is 4.79 Å². The van der Waals surface area contributed by atoms with Crippen LogP contribution in [0.3, 0.4) is 0 Å². The Hall–Kier alpha value is -0.570. The molecule has 0 aliphatic heterocycles. The summed E-state index contributed by atoms with van der Waals surface area (Å²) in [6.45, 7) is 2.75. The van der Waals surface area contributed by atoms with Crippen molar-refractivity contribution in [1.29, 1.82) is 0 Å². The van der Waals surface area contributed by atoms with Gasteiger partial charge in [0.25, 0.3) is 0 Å². The number of carbonyl (C=O) groups is 1. The Morgan fingerprint density at radius 3 is 2.43 bits per heavy atom. The Labute approximate surface area is 45.8 Å². The highest BCUT2D eigenvalue weighted by atomic mass is 35.5. The number of alkyl halides is 1. The fraction of sp³-hybridized carbons (Fsp3) is 0.333. The quantitative estimate of drug-likeness (QED) is 0.161. The summed E-state index contributed by atoms with van der Waals surface area (Å²) >= 11 is 4.92. The number of hydrogen-bond donors (Lipinski definition) is 0. The number of amides is 1. The van der Waals surface area contributed by atoms with Crippen molar-refractivity contribution in [2.45, 2.75) is 0 Å². The Morgan fingerprint density at radius 1 is 2.00 bits per heavy atom. The van der Waals surface area contributed by atoms with E-state index in [1.165, 1.54) is 0 Å². The Balaban J connectivity index is 3.58. The van der Waals surface area contributed by atoms with E-state index in [9.17, 15) is 10.0 Å². The van der Waals surface area contributed by atoms with Crippen LogP contribution in [0.2, 0.25) is 0 Å². The van der Waals surface area contributed by atoms with Gasteiger partial charge in [-0.1, -0.05) is 0 Å². The minimum Gasteiger partial charge on any atom is -0.617 e. The van der Waals surface area contributed by atoms with Gasteiger partial charge in [0.05, 0.1) is 0 Å². The predicted molar refractivity (Wildman–Crippen MR) is 26.5 cm³/mol. The van der Waals surface area contributed by atoms with E-state index in [2.05, 4.69) is 6.72 Å². The van der Waals surface area contributed by atoms with Crippen LogP contribution in [-0.4, -0.2) is 23.2 Å². The van der Waals surface area contributed by atoms with E-state index < -0.39 is 5.91 Å². The van der Waals surface area contributed by atoms with E-state index in [1.54, 1.807) is 0 Å². The van der Waals surface area contributed by atoms with Gasteiger partial charge >= 0.3 is 5.91 Å². The van der Waals surface area contributed by atoms with Crippen molar-refractivity contribution < 1.29 is 9.53 Å². The van der Waals surface area contributed by atoms with Crippen LogP contribution >= 0.6 is 11.6 Å². The van der Waals surface area contributed by atoms with Crippen LogP contribution < -0.4 is 0 Å². The third kappa shape index (κ3) is 2.17. The lowest BCUT2D eigenvalue weighted by atomic mass is 10.7. The van der Waals surface area contributed by atoms with Gasteiger partial charge in [0.1, 0.15) is 12.6 Å². The highest BCUT2D eigenvalue weighted by Gasteiger charge is 2.02. The van der Waals surface area contributed by atoms with Crippen LogP contribution in [0.4, 0.5) is 0 Å². The largest absolute Gasteiger partial charge is 0.617 e. The monoisotopic (exact) mass is 121 g/mol. The first kappa shape index (κ1) is 6.43. The average Bonchev–Trinajstić information content (AvgIpc) is 1.65. The maximum absolute atomic E-state index is 9.93. The first-order valence-corrected chi connectivity index (χ1v) is 2.08. The molecule has 0 bridgehead atoms. The fourth-order valence-corrected chi connectivity index (χ4v) is 0.200. The molecule has 0 spiro atoms. The highest BCUT2D eigenvalue weighted by Crippen LogP contribution is 1.76. The molecule has 0 aromatic heterocycles. The van der Waals surface area contributed by atoms with E-state index in [4.69, 9.17) is 11.6 Å². The molecule has 0 saturated carbocycles. The number of hydrogen-bond acceptors (Lipinski definition) is 2. The van der Waals surface area contributed by atoms with Gasteiger partial charge in [0, 0.05) is 0 Å². The average molecular weight is 122 g/mol. The summed E-state index contributed by atoms with van der Waals surface area (Å²) in [5.41, 5.74) is 0. The molecule has 1 amide bonds. The first-order chi connectivity index (χ1) is 3.18. The second-order valence-corrected chi connectivity index (χ2v) is 1.17. The summed E-state index contributed by atoms with van der Waals surface area (Å²) < 4.78 is -0.0486. The molecule has 40 valence electrons. The summed E-state index contributed by atoms with van der Waals surface area (Å²) in [5.74, 6) is -1.02. The third-order valence-electron chi connectivity index (χ3n) is 0.392. The van der Waals surface area contributed by atoms with Gasteiger partial charge in [-0.2, -0.15) is 0 Å². The molecule has 0 aromatic carbocycles. The highest BCUT2D eigenvalue weighted by molar-refractivity contribution is 6.26.